The van der Waals surface area contributed by atoms with Gasteiger partial charge >= 0.3 is 0 Å². The van der Waals surface area contributed by atoms with E-state index >= 15 is 0 Å². The van der Waals surface area contributed by atoms with Crippen molar-refractivity contribution in [3.63, 3.8) is 0 Å². The quantitative estimate of drug-likeness (QED) is 0.549. The van der Waals surface area contributed by atoms with Gasteiger partial charge < -0.3 is 5.73 Å². The highest BCUT2D eigenvalue weighted by atomic mass is 14.7. The number of nitrogens with two attached hydrogens (primary N) is 1. The Bertz CT molecular complexity index is 118. The Labute approximate surface area is 64.0 Å². The maximum Gasteiger partial charge on any atom is 0.0154 e. The van der Waals surface area contributed by atoms with Crippen LogP contribution in [-0.4, -0.2) is 5.54 Å². The molecule has 1 rings (SSSR count). The van der Waals surface area contributed by atoms with Crippen LogP contribution in [0.25, 0.3) is 0 Å². The topological polar surface area (TPSA) is 26.0 Å². The van der Waals surface area contributed by atoms with Crippen LogP contribution < -0.4 is 5.73 Å². The maximum absolute atomic E-state index is 6.11. The summed E-state index contributed by atoms with van der Waals surface area (Å²) in [6.07, 6.45) is 3.89. The molecule has 3 unspecified atom stereocenters. The maximum atomic E-state index is 6.11. The van der Waals surface area contributed by atoms with E-state index < -0.39 is 0 Å². The van der Waals surface area contributed by atoms with Crippen molar-refractivity contribution in [2.45, 2.75) is 45.6 Å². The molecule has 10 heavy (non-hydrogen) atoms. The molecule has 0 amide bonds. The van der Waals surface area contributed by atoms with Crippen LogP contribution in [0.1, 0.15) is 40.0 Å². The standard InChI is InChI=1S/C9H19N/c1-7-5-4-6-9(3,10)8(7)2/h7-8H,4-6,10H2,1-3H3. The highest BCUT2D eigenvalue weighted by molar-refractivity contribution is 4.90. The molecule has 1 nitrogen and oxygen atoms in total. The van der Waals surface area contributed by atoms with Crippen molar-refractivity contribution >= 4 is 0 Å². The van der Waals surface area contributed by atoms with Crippen molar-refractivity contribution in [3.05, 3.63) is 0 Å². The average Bonchev–Trinajstić information content (AvgIpc) is 1.83. The Morgan fingerprint density at radius 3 is 2.40 bits per heavy atom. The first-order valence-corrected chi connectivity index (χ1v) is 4.33. The minimum absolute atomic E-state index is 0.109. The zero-order valence-electron chi connectivity index (χ0n) is 7.35. The molecule has 0 saturated heterocycles. The Kier molecular flexibility index (Phi) is 2.04. The second-order valence-electron chi connectivity index (χ2n) is 4.16. The van der Waals surface area contributed by atoms with Crippen LogP contribution in [-0.2, 0) is 0 Å². The molecule has 1 aliphatic carbocycles. The number of hydrogen-bond acceptors (Lipinski definition) is 1. The van der Waals surface area contributed by atoms with E-state index in [0.29, 0.717) is 5.92 Å². The summed E-state index contributed by atoms with van der Waals surface area (Å²) in [5, 5.41) is 0. The van der Waals surface area contributed by atoms with E-state index in [4.69, 9.17) is 5.73 Å². The molecule has 0 heterocycles. The summed E-state index contributed by atoms with van der Waals surface area (Å²) < 4.78 is 0. The third-order valence-corrected chi connectivity index (χ3v) is 3.27. The van der Waals surface area contributed by atoms with Gasteiger partial charge in [-0.25, -0.2) is 0 Å². The summed E-state index contributed by atoms with van der Waals surface area (Å²) in [5.41, 5.74) is 6.22. The van der Waals surface area contributed by atoms with Crippen LogP contribution in [0.5, 0.6) is 0 Å². The monoisotopic (exact) mass is 141 g/mol. The fourth-order valence-corrected chi connectivity index (χ4v) is 1.93. The van der Waals surface area contributed by atoms with Crippen LogP contribution in [0.3, 0.4) is 0 Å². The van der Waals surface area contributed by atoms with E-state index in [2.05, 4.69) is 20.8 Å². The first kappa shape index (κ1) is 8.06. The van der Waals surface area contributed by atoms with Gasteiger partial charge in [-0.05, 0) is 25.2 Å². The first-order valence-electron chi connectivity index (χ1n) is 4.33. The molecule has 1 aliphatic rings. The van der Waals surface area contributed by atoms with Crippen LogP contribution in [0, 0.1) is 11.8 Å². The Hall–Kier alpha value is -0.0400. The molecular weight excluding hydrogens is 122 g/mol. The summed E-state index contributed by atoms with van der Waals surface area (Å²) in [4.78, 5) is 0. The Morgan fingerprint density at radius 1 is 1.40 bits per heavy atom. The van der Waals surface area contributed by atoms with Gasteiger partial charge in [0.15, 0.2) is 0 Å². The molecular formula is C9H19N. The van der Waals surface area contributed by atoms with E-state index in [1.165, 1.54) is 19.3 Å². The lowest BCUT2D eigenvalue weighted by Crippen LogP contribution is -2.48. The molecule has 3 atom stereocenters. The predicted molar refractivity (Wildman–Crippen MR) is 44.8 cm³/mol. The highest BCUT2D eigenvalue weighted by Crippen LogP contribution is 2.35. The normalized spacial score (nSPS) is 49.2. The second-order valence-corrected chi connectivity index (χ2v) is 4.16. The summed E-state index contributed by atoms with van der Waals surface area (Å²) in [5.74, 6) is 1.52. The van der Waals surface area contributed by atoms with E-state index in [9.17, 15) is 0 Å². The number of hydrogen-bond donors (Lipinski definition) is 1. The molecule has 2 N–H and O–H groups in total. The highest BCUT2D eigenvalue weighted by Gasteiger charge is 2.33. The minimum Gasteiger partial charge on any atom is -0.325 e. The summed E-state index contributed by atoms with van der Waals surface area (Å²) >= 11 is 0. The van der Waals surface area contributed by atoms with Crippen molar-refractivity contribution in [2.24, 2.45) is 17.6 Å². The van der Waals surface area contributed by atoms with Crippen LogP contribution in [0.4, 0.5) is 0 Å². The molecule has 1 fully saturated rings. The van der Waals surface area contributed by atoms with Gasteiger partial charge in [-0.1, -0.05) is 26.7 Å². The third-order valence-electron chi connectivity index (χ3n) is 3.27. The molecule has 0 aromatic rings. The fraction of sp³-hybridized carbons (Fsp3) is 1.00. The van der Waals surface area contributed by atoms with Crippen molar-refractivity contribution in [3.8, 4) is 0 Å². The summed E-state index contributed by atoms with van der Waals surface area (Å²) in [6.45, 7) is 6.78. The molecule has 60 valence electrons. The predicted octanol–water partition coefficient (Wildman–Crippen LogP) is 2.16. The molecule has 0 aliphatic heterocycles. The minimum atomic E-state index is 0.109. The molecule has 0 aromatic heterocycles. The lowest BCUT2D eigenvalue weighted by Gasteiger charge is -2.40. The Balaban J connectivity index is 2.60. The zero-order chi connectivity index (χ0) is 7.78. The van der Waals surface area contributed by atoms with Crippen molar-refractivity contribution < 1.29 is 0 Å². The van der Waals surface area contributed by atoms with E-state index in [0.717, 1.165) is 5.92 Å². The fourth-order valence-electron chi connectivity index (χ4n) is 1.93. The van der Waals surface area contributed by atoms with Crippen LogP contribution in [0.15, 0.2) is 0 Å². The smallest absolute Gasteiger partial charge is 0.0154 e. The van der Waals surface area contributed by atoms with Crippen molar-refractivity contribution in [1.82, 2.24) is 0 Å². The molecule has 0 spiro atoms. The summed E-state index contributed by atoms with van der Waals surface area (Å²) in [7, 11) is 0. The van der Waals surface area contributed by atoms with Gasteiger partial charge in [0.1, 0.15) is 0 Å². The van der Waals surface area contributed by atoms with Crippen LogP contribution in [0.2, 0.25) is 0 Å². The van der Waals surface area contributed by atoms with Crippen molar-refractivity contribution in [1.29, 1.82) is 0 Å². The van der Waals surface area contributed by atoms with Gasteiger partial charge in [0, 0.05) is 5.54 Å². The van der Waals surface area contributed by atoms with Crippen molar-refractivity contribution in [2.75, 3.05) is 0 Å². The van der Waals surface area contributed by atoms with Gasteiger partial charge in [-0.15, -0.1) is 0 Å². The molecule has 0 aromatic carbocycles. The molecule has 0 radical (unpaired) electrons. The van der Waals surface area contributed by atoms with Gasteiger partial charge in [-0.3, -0.25) is 0 Å². The number of rotatable bonds is 0. The van der Waals surface area contributed by atoms with Gasteiger partial charge in [0.25, 0.3) is 0 Å². The largest absolute Gasteiger partial charge is 0.325 e. The average molecular weight is 141 g/mol. The van der Waals surface area contributed by atoms with Gasteiger partial charge in [0.2, 0.25) is 0 Å². The molecule has 0 bridgehead atoms. The molecule has 1 heteroatoms. The third kappa shape index (κ3) is 1.34. The lowest BCUT2D eigenvalue weighted by molar-refractivity contribution is 0.160. The SMILES string of the molecule is CC1CCCC(C)(N)C1C. The zero-order valence-corrected chi connectivity index (χ0v) is 7.35. The van der Waals surface area contributed by atoms with E-state index in [-0.39, 0.29) is 5.54 Å². The van der Waals surface area contributed by atoms with Gasteiger partial charge in [0.05, 0.1) is 0 Å². The Morgan fingerprint density at radius 2 is 2.00 bits per heavy atom. The lowest BCUT2D eigenvalue weighted by atomic mass is 9.70. The van der Waals surface area contributed by atoms with Gasteiger partial charge in [-0.2, -0.15) is 0 Å². The molecule has 1 saturated carbocycles. The summed E-state index contributed by atoms with van der Waals surface area (Å²) in [6, 6.07) is 0. The second kappa shape index (κ2) is 2.54. The van der Waals surface area contributed by atoms with E-state index in [1.807, 2.05) is 0 Å². The van der Waals surface area contributed by atoms with E-state index in [1.54, 1.807) is 0 Å². The van der Waals surface area contributed by atoms with Crippen LogP contribution >= 0.6 is 0 Å². The first-order chi connectivity index (χ1) is 4.54.